The summed E-state index contributed by atoms with van der Waals surface area (Å²) in [4.78, 5) is 23.1. The number of nitriles is 1. The number of hydrogen-bond acceptors (Lipinski definition) is 4. The van der Waals surface area contributed by atoms with Crippen LogP contribution in [0.2, 0.25) is 0 Å². The summed E-state index contributed by atoms with van der Waals surface area (Å²) in [6.45, 7) is 0.677. The molecule has 0 bridgehead atoms. The molecule has 0 saturated carbocycles. The van der Waals surface area contributed by atoms with Gasteiger partial charge in [0, 0.05) is 6.54 Å². The first-order valence-corrected chi connectivity index (χ1v) is 10.3. The van der Waals surface area contributed by atoms with Crippen LogP contribution < -0.4 is 5.73 Å². The summed E-state index contributed by atoms with van der Waals surface area (Å²) < 4.78 is 0. The van der Waals surface area contributed by atoms with Crippen molar-refractivity contribution in [2.45, 2.75) is 37.8 Å². The first-order valence-electron chi connectivity index (χ1n) is 10.3. The van der Waals surface area contributed by atoms with Crippen LogP contribution in [0.1, 0.15) is 42.3 Å². The molecule has 1 aromatic heterocycles. The van der Waals surface area contributed by atoms with Gasteiger partial charge in [-0.1, -0.05) is 42.5 Å². The largest absolute Gasteiger partial charge is 0.340 e. The molecule has 2 heterocycles. The molecule has 1 amide bonds. The summed E-state index contributed by atoms with van der Waals surface area (Å²) in [6, 6.07) is 18.7. The van der Waals surface area contributed by atoms with Crippen molar-refractivity contribution in [3.8, 4) is 17.3 Å². The highest BCUT2D eigenvalue weighted by Crippen LogP contribution is 2.31. The van der Waals surface area contributed by atoms with E-state index in [-0.39, 0.29) is 11.9 Å². The minimum absolute atomic E-state index is 0.0697. The molecule has 6 nitrogen and oxygen atoms in total. The molecule has 1 fully saturated rings. The summed E-state index contributed by atoms with van der Waals surface area (Å²) in [5.41, 5.74) is 9.79. The Kier molecular flexibility index (Phi) is 5.92. The fraction of sp³-hybridized carbons (Fsp3) is 0.292. The highest BCUT2D eigenvalue weighted by atomic mass is 16.2. The number of imidazole rings is 1. The predicted octanol–water partition coefficient (Wildman–Crippen LogP) is 3.57. The second kappa shape index (κ2) is 8.93. The van der Waals surface area contributed by atoms with Gasteiger partial charge in [-0.25, -0.2) is 4.98 Å². The number of amides is 1. The Labute approximate surface area is 176 Å². The van der Waals surface area contributed by atoms with Gasteiger partial charge in [0.25, 0.3) is 0 Å². The third kappa shape index (κ3) is 4.27. The average molecular weight is 399 g/mol. The van der Waals surface area contributed by atoms with E-state index in [0.29, 0.717) is 18.5 Å². The Morgan fingerprint density at radius 1 is 1.23 bits per heavy atom. The number of benzene rings is 2. The molecular formula is C24H25N5O. The highest BCUT2D eigenvalue weighted by molar-refractivity contribution is 5.82. The van der Waals surface area contributed by atoms with E-state index in [1.54, 1.807) is 12.1 Å². The first-order chi connectivity index (χ1) is 14.7. The summed E-state index contributed by atoms with van der Waals surface area (Å²) in [5.74, 6) is 0.736. The van der Waals surface area contributed by atoms with Gasteiger partial charge in [0.15, 0.2) is 0 Å². The highest BCUT2D eigenvalue weighted by Gasteiger charge is 2.32. The zero-order valence-electron chi connectivity index (χ0n) is 16.8. The molecule has 152 valence electrons. The lowest BCUT2D eigenvalue weighted by Crippen LogP contribution is -2.48. The van der Waals surface area contributed by atoms with Crippen LogP contribution in [-0.2, 0) is 11.2 Å². The van der Waals surface area contributed by atoms with Gasteiger partial charge >= 0.3 is 0 Å². The Morgan fingerprint density at radius 2 is 2.07 bits per heavy atom. The third-order valence-electron chi connectivity index (χ3n) is 5.61. The molecule has 0 spiro atoms. The molecule has 2 aromatic carbocycles. The second-order valence-electron chi connectivity index (χ2n) is 7.71. The summed E-state index contributed by atoms with van der Waals surface area (Å²) in [7, 11) is 0. The van der Waals surface area contributed by atoms with E-state index < -0.39 is 6.04 Å². The van der Waals surface area contributed by atoms with E-state index in [9.17, 15) is 4.79 Å². The van der Waals surface area contributed by atoms with Crippen LogP contribution in [0.3, 0.4) is 0 Å². The fourth-order valence-electron chi connectivity index (χ4n) is 4.07. The van der Waals surface area contributed by atoms with Crippen molar-refractivity contribution in [3.05, 3.63) is 77.7 Å². The van der Waals surface area contributed by atoms with Gasteiger partial charge in [-0.15, -0.1) is 0 Å². The molecule has 3 aromatic rings. The van der Waals surface area contributed by atoms with Crippen molar-refractivity contribution in [2.24, 2.45) is 5.73 Å². The predicted molar refractivity (Wildman–Crippen MR) is 115 cm³/mol. The molecule has 1 aliphatic heterocycles. The van der Waals surface area contributed by atoms with Crippen molar-refractivity contribution < 1.29 is 4.79 Å². The van der Waals surface area contributed by atoms with E-state index in [2.05, 4.69) is 16.0 Å². The lowest BCUT2D eigenvalue weighted by Gasteiger charge is -2.36. The number of piperidine rings is 1. The van der Waals surface area contributed by atoms with Crippen molar-refractivity contribution >= 4 is 5.91 Å². The molecule has 0 aliphatic carbocycles. The van der Waals surface area contributed by atoms with Gasteiger partial charge in [-0.2, -0.15) is 5.26 Å². The minimum atomic E-state index is -0.650. The van der Waals surface area contributed by atoms with Crippen LogP contribution in [0.25, 0.3) is 11.3 Å². The summed E-state index contributed by atoms with van der Waals surface area (Å²) >= 11 is 0. The van der Waals surface area contributed by atoms with Crippen LogP contribution >= 0.6 is 0 Å². The van der Waals surface area contributed by atoms with Crippen LogP contribution in [0.4, 0.5) is 0 Å². The van der Waals surface area contributed by atoms with Crippen molar-refractivity contribution in [3.63, 3.8) is 0 Å². The number of nitrogens with zero attached hydrogens (tertiary/aromatic N) is 3. The van der Waals surface area contributed by atoms with Crippen LogP contribution in [0.15, 0.2) is 60.8 Å². The lowest BCUT2D eigenvalue weighted by molar-refractivity contribution is -0.136. The van der Waals surface area contributed by atoms with Gasteiger partial charge in [0.1, 0.15) is 5.82 Å². The Morgan fingerprint density at radius 3 is 2.87 bits per heavy atom. The summed E-state index contributed by atoms with van der Waals surface area (Å²) in [5, 5.41) is 9.09. The van der Waals surface area contributed by atoms with Crippen LogP contribution in [0, 0.1) is 11.3 Å². The number of likely N-dealkylation sites (tertiary alicyclic amines) is 1. The number of aromatic amines is 1. The molecular weight excluding hydrogens is 374 g/mol. The van der Waals surface area contributed by atoms with E-state index in [1.165, 1.54) is 0 Å². The van der Waals surface area contributed by atoms with Gasteiger partial charge in [-0.05, 0) is 48.9 Å². The zero-order valence-corrected chi connectivity index (χ0v) is 16.8. The molecule has 30 heavy (non-hydrogen) atoms. The van der Waals surface area contributed by atoms with Crippen LogP contribution in [0.5, 0.6) is 0 Å². The van der Waals surface area contributed by atoms with Gasteiger partial charge < -0.3 is 15.6 Å². The minimum Gasteiger partial charge on any atom is -0.340 e. The number of nitrogens with two attached hydrogens (primary N) is 1. The molecule has 4 rings (SSSR count). The number of rotatable bonds is 5. The van der Waals surface area contributed by atoms with Crippen molar-refractivity contribution in [1.29, 1.82) is 5.26 Å². The van der Waals surface area contributed by atoms with Gasteiger partial charge in [0.05, 0.1) is 35.6 Å². The zero-order chi connectivity index (χ0) is 20.9. The maximum Gasteiger partial charge on any atom is 0.240 e. The lowest BCUT2D eigenvalue weighted by atomic mass is 9.98. The van der Waals surface area contributed by atoms with Crippen LogP contribution in [-0.4, -0.2) is 33.4 Å². The molecule has 3 N–H and O–H groups in total. The number of hydrogen-bond donors (Lipinski definition) is 2. The quantitative estimate of drug-likeness (QED) is 0.685. The van der Waals surface area contributed by atoms with Gasteiger partial charge in [0.2, 0.25) is 5.91 Å². The monoisotopic (exact) mass is 399 g/mol. The molecule has 0 unspecified atom stereocenters. The van der Waals surface area contributed by atoms with E-state index in [1.807, 2.05) is 53.6 Å². The SMILES string of the molecule is N#Cc1cccc(C[C@H](N)C(=O)N2CCCC[C@H]2c2ncc(-c3ccccc3)[nH]2)c1. The second-order valence-corrected chi connectivity index (χ2v) is 7.71. The number of carbonyl (C=O) groups excluding carboxylic acids is 1. The standard InChI is InChI=1S/C24H25N5O/c25-15-18-8-6-7-17(13-18)14-20(26)24(30)29-12-5-4-11-22(29)23-27-16-21(28-23)19-9-2-1-3-10-19/h1-3,6-10,13,16,20,22H,4-5,11-12,14,26H2,(H,27,28)/t20-,22-/m0/s1. The number of H-pyrrole nitrogens is 1. The van der Waals surface area contributed by atoms with E-state index in [4.69, 9.17) is 11.0 Å². The number of nitrogens with one attached hydrogen (secondary N) is 1. The molecule has 0 radical (unpaired) electrons. The topological polar surface area (TPSA) is 98.8 Å². The third-order valence-corrected chi connectivity index (χ3v) is 5.61. The molecule has 1 saturated heterocycles. The smallest absolute Gasteiger partial charge is 0.240 e. The Hall–Kier alpha value is -3.43. The van der Waals surface area contributed by atoms with Crippen molar-refractivity contribution in [2.75, 3.05) is 6.54 Å². The first kappa shape index (κ1) is 19.9. The number of aromatic nitrogens is 2. The van der Waals surface area contributed by atoms with Gasteiger partial charge in [-0.3, -0.25) is 4.79 Å². The molecule has 2 atom stereocenters. The van der Waals surface area contributed by atoms with E-state index >= 15 is 0 Å². The maximum atomic E-state index is 13.2. The Balaban J connectivity index is 1.51. The maximum absolute atomic E-state index is 13.2. The number of carbonyl (C=O) groups is 1. The van der Waals surface area contributed by atoms with E-state index in [0.717, 1.165) is 41.9 Å². The summed E-state index contributed by atoms with van der Waals surface area (Å²) in [6.07, 6.45) is 5.12. The van der Waals surface area contributed by atoms with Crippen molar-refractivity contribution in [1.82, 2.24) is 14.9 Å². The molecule has 1 aliphatic rings. The average Bonchev–Trinajstić information content (AvgIpc) is 3.29. The fourth-order valence-corrected chi connectivity index (χ4v) is 4.07. The Bertz CT molecular complexity index is 1050. The normalized spacial score (nSPS) is 17.3. The molecule has 6 heteroatoms.